The molecule has 0 spiro atoms. The smallest absolute Gasteiger partial charge is 0.276 e. The van der Waals surface area contributed by atoms with E-state index in [1.807, 2.05) is 0 Å². The van der Waals surface area contributed by atoms with Gasteiger partial charge in [0.2, 0.25) is 11.0 Å². The molecule has 2 aliphatic heterocycles. The molecular weight excluding hydrogens is 496 g/mol. The summed E-state index contributed by atoms with van der Waals surface area (Å²) < 4.78 is 1.54. The number of thiol groups is 1. The van der Waals surface area contributed by atoms with Crippen molar-refractivity contribution < 1.29 is 19.6 Å². The molecule has 4 N–H and O–H groups in total. The van der Waals surface area contributed by atoms with Crippen molar-refractivity contribution in [2.75, 3.05) is 11.5 Å². The summed E-state index contributed by atoms with van der Waals surface area (Å²) in [5.74, 6) is -0.658. The summed E-state index contributed by atoms with van der Waals surface area (Å²) in [4.78, 5) is 42.8. The summed E-state index contributed by atoms with van der Waals surface area (Å²) in [5.41, 5.74) is 6.04. The minimum atomic E-state index is -0.706. The van der Waals surface area contributed by atoms with E-state index in [1.54, 1.807) is 13.2 Å². The van der Waals surface area contributed by atoms with Crippen LogP contribution in [0.2, 0.25) is 0 Å². The van der Waals surface area contributed by atoms with Crippen LogP contribution in [0.1, 0.15) is 12.1 Å². The van der Waals surface area contributed by atoms with Crippen molar-refractivity contribution in [3.05, 3.63) is 28.5 Å². The average Bonchev–Trinajstić information content (AvgIpc) is 3.34. The molecule has 4 rings (SSSR count). The van der Waals surface area contributed by atoms with E-state index in [1.165, 1.54) is 38.5 Å². The zero-order valence-corrected chi connectivity index (χ0v) is 19.7. The zero-order chi connectivity index (χ0) is 23.0. The van der Waals surface area contributed by atoms with E-state index in [4.69, 9.17) is 5.73 Å². The normalized spacial score (nSPS) is 20.8. The lowest BCUT2D eigenvalue weighted by Crippen LogP contribution is -2.57. The number of nitrogen functional groups attached to an aromatic ring is 1. The lowest BCUT2D eigenvalue weighted by Gasteiger charge is -2.47. The van der Waals surface area contributed by atoms with Crippen LogP contribution in [-0.2, 0) is 21.4 Å². The summed E-state index contributed by atoms with van der Waals surface area (Å²) in [5, 5.41) is 23.8. The van der Waals surface area contributed by atoms with Gasteiger partial charge in [-0.25, -0.2) is 4.98 Å². The number of nitrogens with zero attached hydrogens (tertiary/aromatic N) is 6. The molecule has 0 aromatic carbocycles. The molecule has 1 fully saturated rings. The van der Waals surface area contributed by atoms with Gasteiger partial charge in [-0.15, -0.1) is 28.2 Å². The molecule has 0 aliphatic carbocycles. The second-order valence-corrected chi connectivity index (χ2v) is 10.2. The molecule has 32 heavy (non-hydrogen) atoms. The van der Waals surface area contributed by atoms with Crippen molar-refractivity contribution in [3.63, 3.8) is 0 Å². The number of hydrogen-bond acceptors (Lipinski definition) is 12. The maximum Gasteiger partial charge on any atom is 0.276 e. The van der Waals surface area contributed by atoms with E-state index in [0.717, 1.165) is 11.3 Å². The van der Waals surface area contributed by atoms with Crippen molar-refractivity contribution in [2.45, 2.75) is 22.2 Å². The van der Waals surface area contributed by atoms with Gasteiger partial charge in [-0.2, -0.15) is 0 Å². The Hall–Kier alpha value is -2.56. The maximum atomic E-state index is 12.9. The molecule has 2 atom stereocenters. The Morgan fingerprint density at radius 1 is 1.50 bits per heavy atom. The third-order valence-electron chi connectivity index (χ3n) is 4.56. The predicted molar refractivity (Wildman–Crippen MR) is 122 cm³/mol. The van der Waals surface area contributed by atoms with Crippen LogP contribution >= 0.6 is 47.5 Å². The first-order chi connectivity index (χ1) is 15.3. The van der Waals surface area contributed by atoms with Gasteiger partial charge in [-0.1, -0.05) is 34.8 Å². The first-order valence-electron chi connectivity index (χ1n) is 8.95. The summed E-state index contributed by atoms with van der Waals surface area (Å²) in [7, 11) is 1.73. The van der Waals surface area contributed by atoms with Crippen LogP contribution in [0.3, 0.4) is 0 Å². The molecule has 1 unspecified atom stereocenters. The Morgan fingerprint density at radius 2 is 2.28 bits per heavy atom. The summed E-state index contributed by atoms with van der Waals surface area (Å²) in [6.45, 7) is 0. The summed E-state index contributed by atoms with van der Waals surface area (Å²) in [6.07, 6.45) is 1.94. The average molecular weight is 513 g/mol. The van der Waals surface area contributed by atoms with Gasteiger partial charge in [0.05, 0.1) is 18.0 Å². The summed E-state index contributed by atoms with van der Waals surface area (Å²) in [6, 6.07) is 0. The highest BCUT2D eigenvalue weighted by molar-refractivity contribution is 8.01. The molecule has 4 heterocycles. The van der Waals surface area contributed by atoms with E-state index in [-0.39, 0.29) is 45.7 Å². The Morgan fingerprint density at radius 3 is 2.84 bits per heavy atom. The molecule has 2 aliphatic rings. The molecule has 0 bridgehead atoms. The standard InChI is InChI=1S/C16H16N8O4S4/c1-23-3-8(20-22-23)30-4-6-12(15(27)29)24-9(25)2-10(24)32-14(6)19-13(26)11(21-28)7-5-31-16(17)18-7/h3,5,10,14,28H,2,4H2,1H3,(H2,17,18)(H,19,26)(H,27,29)/b21-11-/t10-,14?/m1/s1. The lowest BCUT2D eigenvalue weighted by molar-refractivity contribution is -0.140. The second-order valence-electron chi connectivity index (χ2n) is 6.63. The monoisotopic (exact) mass is 512 g/mol. The largest absolute Gasteiger partial charge is 0.410 e. The Kier molecular flexibility index (Phi) is 6.45. The van der Waals surface area contributed by atoms with Crippen LogP contribution in [0.15, 0.2) is 33.0 Å². The molecule has 168 valence electrons. The molecular formula is C16H16N8O4S4. The minimum absolute atomic E-state index is 0.124. The number of nitrogens with two attached hydrogens (primary N) is 1. The maximum absolute atomic E-state index is 12.9. The number of fused-ring (bicyclic) bond motifs is 1. The second kappa shape index (κ2) is 9.13. The van der Waals surface area contributed by atoms with Gasteiger partial charge in [0, 0.05) is 23.8 Å². The number of thioether (sulfide) groups is 2. The lowest BCUT2D eigenvalue weighted by atomic mass is 10.1. The molecule has 0 radical (unpaired) electrons. The first kappa shape index (κ1) is 22.6. The topological polar surface area (TPSA) is 169 Å². The van der Waals surface area contributed by atoms with Gasteiger partial charge in [0.25, 0.3) is 5.91 Å². The molecule has 2 aromatic rings. The fourth-order valence-corrected chi connectivity index (χ4v) is 6.39. The Bertz CT molecular complexity index is 1160. The fraction of sp³-hybridized carbons (Fsp3) is 0.312. The van der Waals surface area contributed by atoms with Gasteiger partial charge in [0.15, 0.2) is 10.8 Å². The van der Waals surface area contributed by atoms with E-state index in [9.17, 15) is 19.6 Å². The van der Waals surface area contributed by atoms with Crippen molar-refractivity contribution in [3.8, 4) is 0 Å². The van der Waals surface area contributed by atoms with Gasteiger partial charge < -0.3 is 16.3 Å². The van der Waals surface area contributed by atoms with Gasteiger partial charge in [0.1, 0.15) is 21.8 Å². The van der Waals surface area contributed by atoms with E-state index >= 15 is 0 Å². The number of oxime groups is 1. The van der Waals surface area contributed by atoms with Crippen molar-refractivity contribution in [1.29, 1.82) is 0 Å². The van der Waals surface area contributed by atoms with Crippen LogP contribution in [0.25, 0.3) is 0 Å². The number of anilines is 1. The number of aromatic nitrogens is 4. The van der Waals surface area contributed by atoms with Crippen LogP contribution in [0.4, 0.5) is 5.13 Å². The molecule has 12 nitrogen and oxygen atoms in total. The molecule has 0 saturated carbocycles. The van der Waals surface area contributed by atoms with Crippen LogP contribution < -0.4 is 11.1 Å². The van der Waals surface area contributed by atoms with Crippen molar-refractivity contribution in [2.24, 2.45) is 12.2 Å². The van der Waals surface area contributed by atoms with Crippen LogP contribution in [0.5, 0.6) is 0 Å². The number of amides is 2. The van der Waals surface area contributed by atoms with E-state index in [0.29, 0.717) is 10.6 Å². The third kappa shape index (κ3) is 4.35. The highest BCUT2D eigenvalue weighted by Gasteiger charge is 2.48. The first-order valence-corrected chi connectivity index (χ1v) is 12.2. The highest BCUT2D eigenvalue weighted by atomic mass is 32.2. The van der Waals surface area contributed by atoms with Crippen molar-refractivity contribution >= 4 is 75.3 Å². The van der Waals surface area contributed by atoms with E-state index < -0.39 is 16.4 Å². The number of hydrogen-bond donors (Lipinski definition) is 4. The van der Waals surface area contributed by atoms with E-state index in [2.05, 4.69) is 38.4 Å². The quantitative estimate of drug-likeness (QED) is 0.101. The molecule has 1 saturated heterocycles. The number of carbonyl (C=O) groups is 3. The number of aryl methyl sites for hydroxylation is 1. The Labute approximate surface area is 199 Å². The minimum Gasteiger partial charge on any atom is -0.410 e. The SMILES string of the molecule is Cn1cc(SCC2=C(C(=O)S)N3C(=O)C[C@H]3SC2NC(=O)/C(=N\O)c2csc(N)n2)nn1. The summed E-state index contributed by atoms with van der Waals surface area (Å²) >= 11 is 7.67. The fourth-order valence-electron chi connectivity index (χ4n) is 3.13. The number of nitrogens with one attached hydrogen (secondary N) is 1. The predicted octanol–water partition coefficient (Wildman–Crippen LogP) is 0.282. The molecule has 2 aromatic heterocycles. The van der Waals surface area contributed by atoms with Crippen LogP contribution in [-0.4, -0.2) is 69.2 Å². The van der Waals surface area contributed by atoms with Crippen LogP contribution in [0, 0.1) is 0 Å². The zero-order valence-electron chi connectivity index (χ0n) is 16.3. The number of thiazole rings is 1. The Balaban J connectivity index is 1.63. The molecule has 16 heteroatoms. The van der Waals surface area contributed by atoms with Gasteiger partial charge in [-0.05, 0) is 0 Å². The number of rotatable bonds is 7. The number of β-lactam (4-membered cyclic amide) rings is 1. The van der Waals surface area contributed by atoms with Gasteiger partial charge >= 0.3 is 0 Å². The van der Waals surface area contributed by atoms with Crippen molar-refractivity contribution in [1.82, 2.24) is 30.2 Å². The highest BCUT2D eigenvalue weighted by Crippen LogP contribution is 2.44. The number of carbonyl (C=O) groups excluding carboxylic acids is 3. The van der Waals surface area contributed by atoms with Gasteiger partial charge in [-0.3, -0.25) is 24.0 Å². The molecule has 2 amide bonds. The third-order valence-corrected chi connectivity index (χ3v) is 7.75.